The van der Waals surface area contributed by atoms with E-state index in [9.17, 15) is 9.59 Å². The van der Waals surface area contributed by atoms with Crippen molar-refractivity contribution in [3.05, 3.63) is 68.8 Å². The van der Waals surface area contributed by atoms with Crippen LogP contribution in [-0.4, -0.2) is 10.9 Å². The van der Waals surface area contributed by atoms with E-state index in [1.54, 1.807) is 24.3 Å². The molecule has 0 saturated carbocycles. The minimum atomic E-state index is -0.427. The summed E-state index contributed by atoms with van der Waals surface area (Å²) in [5, 5.41) is 3.63. The number of pyridine rings is 1. The van der Waals surface area contributed by atoms with Crippen molar-refractivity contribution in [3.8, 4) is 0 Å². The average molecular weight is 335 g/mol. The molecule has 1 N–H and O–H groups in total. The molecule has 0 aliphatic heterocycles. The summed E-state index contributed by atoms with van der Waals surface area (Å²) in [5.74, 6) is -0.411. The predicted octanol–water partition coefficient (Wildman–Crippen LogP) is 3.75. The molecule has 0 aliphatic rings. The topological polar surface area (TPSA) is 72.2 Å². The second-order valence-electron chi connectivity index (χ2n) is 4.43. The Hall–Kier alpha value is -2.37. The molecule has 0 saturated heterocycles. The molecule has 0 aliphatic carbocycles. The molecule has 2 aromatic heterocycles. The molecule has 0 atom stereocenters. The van der Waals surface area contributed by atoms with Gasteiger partial charge in [0.1, 0.15) is 15.9 Å². The number of nitrogens with one attached hydrogen (secondary N) is 1. The molecule has 3 rings (SSSR count). The fourth-order valence-corrected chi connectivity index (χ4v) is 2.36. The van der Waals surface area contributed by atoms with Crippen LogP contribution in [-0.2, 0) is 0 Å². The third-order valence-electron chi connectivity index (χ3n) is 2.94. The van der Waals surface area contributed by atoms with E-state index in [0.717, 1.165) is 0 Å². The summed E-state index contributed by atoms with van der Waals surface area (Å²) in [5.41, 5.74) is 0.767. The molecule has 22 heavy (non-hydrogen) atoms. The zero-order valence-corrected chi connectivity index (χ0v) is 12.5. The molecule has 1 aromatic carbocycles. The van der Waals surface area contributed by atoms with Crippen molar-refractivity contribution in [1.82, 2.24) is 4.98 Å². The lowest BCUT2D eigenvalue weighted by Gasteiger charge is -2.07. The molecule has 7 heteroatoms. The van der Waals surface area contributed by atoms with Crippen LogP contribution in [0, 0.1) is 0 Å². The average Bonchev–Trinajstić information content (AvgIpc) is 2.47. The lowest BCUT2D eigenvalue weighted by Crippen LogP contribution is -2.13. The molecular formula is C15H8Cl2N2O3. The zero-order chi connectivity index (χ0) is 15.7. The maximum atomic E-state index is 12.2. The predicted molar refractivity (Wildman–Crippen MR) is 84.7 cm³/mol. The van der Waals surface area contributed by atoms with E-state index in [0.29, 0.717) is 16.7 Å². The maximum absolute atomic E-state index is 12.2. The smallest absolute Gasteiger partial charge is 0.336 e. The van der Waals surface area contributed by atoms with Gasteiger partial charge in [0.15, 0.2) is 0 Å². The number of benzene rings is 1. The van der Waals surface area contributed by atoms with Crippen LogP contribution in [0.3, 0.4) is 0 Å². The van der Waals surface area contributed by atoms with Crippen molar-refractivity contribution < 1.29 is 9.21 Å². The number of anilines is 1. The third-order valence-corrected chi connectivity index (χ3v) is 3.44. The highest BCUT2D eigenvalue weighted by Crippen LogP contribution is 2.21. The van der Waals surface area contributed by atoms with E-state index in [1.165, 1.54) is 18.2 Å². The summed E-state index contributed by atoms with van der Waals surface area (Å²) >= 11 is 11.6. The van der Waals surface area contributed by atoms with Gasteiger partial charge in [0.2, 0.25) is 0 Å². The van der Waals surface area contributed by atoms with Gasteiger partial charge in [-0.25, -0.2) is 9.78 Å². The third kappa shape index (κ3) is 2.95. The molecule has 0 spiro atoms. The minimum absolute atomic E-state index is 0.0248. The number of hydrogen-bond donors (Lipinski definition) is 1. The van der Waals surface area contributed by atoms with Crippen LogP contribution in [0.5, 0.6) is 0 Å². The highest BCUT2D eigenvalue weighted by atomic mass is 35.5. The van der Waals surface area contributed by atoms with Crippen LogP contribution in [0.25, 0.3) is 11.0 Å². The minimum Gasteiger partial charge on any atom is -0.423 e. The summed E-state index contributed by atoms with van der Waals surface area (Å²) in [6.07, 6.45) is 0. The van der Waals surface area contributed by atoms with Crippen molar-refractivity contribution in [2.24, 2.45) is 0 Å². The van der Waals surface area contributed by atoms with Gasteiger partial charge in [-0.15, -0.1) is 0 Å². The molecule has 0 bridgehead atoms. The Balaban J connectivity index is 1.90. The number of amides is 1. The summed E-state index contributed by atoms with van der Waals surface area (Å²) < 4.78 is 5.02. The second kappa shape index (κ2) is 5.79. The number of fused-ring (bicyclic) bond motifs is 1. The summed E-state index contributed by atoms with van der Waals surface area (Å²) in [6.45, 7) is 0. The van der Waals surface area contributed by atoms with Crippen molar-refractivity contribution in [1.29, 1.82) is 0 Å². The summed E-state index contributed by atoms with van der Waals surface area (Å²) in [4.78, 5) is 27.1. The van der Waals surface area contributed by atoms with Gasteiger partial charge in [0, 0.05) is 17.1 Å². The van der Waals surface area contributed by atoms with Crippen LogP contribution in [0.2, 0.25) is 10.3 Å². The van der Waals surface area contributed by atoms with Gasteiger partial charge in [-0.3, -0.25) is 4.79 Å². The molecular weight excluding hydrogens is 327 g/mol. The normalized spacial score (nSPS) is 10.6. The molecule has 0 radical (unpaired) electrons. The lowest BCUT2D eigenvalue weighted by molar-refractivity contribution is 0.102. The van der Waals surface area contributed by atoms with Crippen LogP contribution in [0.1, 0.15) is 10.4 Å². The lowest BCUT2D eigenvalue weighted by atomic mass is 10.2. The first kappa shape index (κ1) is 14.6. The van der Waals surface area contributed by atoms with Gasteiger partial charge in [0.25, 0.3) is 5.91 Å². The van der Waals surface area contributed by atoms with Gasteiger partial charge in [-0.2, -0.15) is 0 Å². The number of hydrogen-bond acceptors (Lipinski definition) is 4. The second-order valence-corrected chi connectivity index (χ2v) is 5.18. The number of nitrogens with zero attached hydrogens (tertiary/aromatic N) is 1. The summed E-state index contributed by atoms with van der Waals surface area (Å²) in [7, 11) is 0. The van der Waals surface area contributed by atoms with Crippen molar-refractivity contribution in [2.45, 2.75) is 0 Å². The van der Waals surface area contributed by atoms with Gasteiger partial charge < -0.3 is 9.73 Å². The largest absolute Gasteiger partial charge is 0.423 e. The Morgan fingerprint density at radius 3 is 2.68 bits per heavy atom. The molecule has 0 fully saturated rings. The molecule has 5 nitrogen and oxygen atoms in total. The van der Waals surface area contributed by atoms with E-state index in [-0.39, 0.29) is 15.9 Å². The van der Waals surface area contributed by atoms with Crippen LogP contribution >= 0.6 is 23.2 Å². The van der Waals surface area contributed by atoms with Crippen molar-refractivity contribution in [2.75, 3.05) is 5.32 Å². The zero-order valence-electron chi connectivity index (χ0n) is 11.0. The van der Waals surface area contributed by atoms with Crippen LogP contribution < -0.4 is 10.9 Å². The van der Waals surface area contributed by atoms with Gasteiger partial charge in [0.05, 0.1) is 5.56 Å². The fourth-order valence-electron chi connectivity index (χ4n) is 1.93. The van der Waals surface area contributed by atoms with E-state index in [2.05, 4.69) is 10.3 Å². The van der Waals surface area contributed by atoms with Gasteiger partial charge in [-0.1, -0.05) is 23.2 Å². The van der Waals surface area contributed by atoms with Gasteiger partial charge >= 0.3 is 5.63 Å². The quantitative estimate of drug-likeness (QED) is 0.572. The van der Waals surface area contributed by atoms with E-state index < -0.39 is 11.5 Å². The van der Waals surface area contributed by atoms with E-state index >= 15 is 0 Å². The van der Waals surface area contributed by atoms with Crippen molar-refractivity contribution in [3.63, 3.8) is 0 Å². The van der Waals surface area contributed by atoms with Crippen LogP contribution in [0.15, 0.2) is 51.7 Å². The molecule has 3 aromatic rings. The number of rotatable bonds is 2. The van der Waals surface area contributed by atoms with E-state index in [1.807, 2.05) is 0 Å². The first-order valence-corrected chi connectivity index (χ1v) is 6.96. The first-order valence-electron chi connectivity index (χ1n) is 6.20. The van der Waals surface area contributed by atoms with Crippen molar-refractivity contribution >= 4 is 45.8 Å². The monoisotopic (exact) mass is 334 g/mol. The number of carbonyl (C=O) groups is 1. The first-order chi connectivity index (χ1) is 10.5. The Labute approximate surface area is 134 Å². The number of halogens is 2. The summed E-state index contributed by atoms with van der Waals surface area (Å²) in [6, 6.07) is 10.8. The fraction of sp³-hybridized carbons (Fsp3) is 0. The number of carbonyl (C=O) groups excluding carboxylic acids is 1. The van der Waals surface area contributed by atoms with Crippen LogP contribution in [0.4, 0.5) is 5.69 Å². The maximum Gasteiger partial charge on any atom is 0.336 e. The standard InChI is InChI=1S/C15H8Cl2N2O3/c16-12-5-3-10(14(17)19-12)15(21)18-9-2-4-11-8(7-9)1-6-13(20)22-11/h1-7H,(H,18,21). The Morgan fingerprint density at radius 1 is 1.09 bits per heavy atom. The highest BCUT2D eigenvalue weighted by molar-refractivity contribution is 6.35. The SMILES string of the molecule is O=C(Nc1ccc2oc(=O)ccc2c1)c1ccc(Cl)nc1Cl. The molecule has 110 valence electrons. The molecule has 0 unspecified atom stereocenters. The van der Waals surface area contributed by atoms with E-state index in [4.69, 9.17) is 27.6 Å². The highest BCUT2D eigenvalue weighted by Gasteiger charge is 2.12. The molecule has 2 heterocycles. The Kier molecular flexibility index (Phi) is 3.83. The number of aromatic nitrogens is 1. The Bertz CT molecular complexity index is 937. The van der Waals surface area contributed by atoms with Gasteiger partial charge in [-0.05, 0) is 36.4 Å². The molecule has 1 amide bonds. The Morgan fingerprint density at radius 2 is 1.91 bits per heavy atom.